The number of benzene rings is 1. The van der Waals surface area contributed by atoms with E-state index in [1.807, 2.05) is 25.1 Å². The first-order chi connectivity index (χ1) is 10.8. The van der Waals surface area contributed by atoms with Crippen molar-refractivity contribution in [3.8, 4) is 0 Å². The van der Waals surface area contributed by atoms with E-state index in [2.05, 4.69) is 19.2 Å². The Balaban J connectivity index is 2.11. The second-order valence-electron chi connectivity index (χ2n) is 6.78. The number of carbonyl (C=O) groups excluding carboxylic acids is 2. The van der Waals surface area contributed by atoms with Gasteiger partial charge in [0.2, 0.25) is 11.8 Å². The van der Waals surface area contributed by atoms with Crippen LogP contribution in [0.25, 0.3) is 0 Å². The van der Waals surface area contributed by atoms with E-state index in [0.717, 1.165) is 12.0 Å². The van der Waals surface area contributed by atoms with Crippen molar-refractivity contribution in [1.82, 2.24) is 10.2 Å². The summed E-state index contributed by atoms with van der Waals surface area (Å²) in [7, 11) is 0. The molecule has 1 unspecified atom stereocenters. The molecule has 1 heterocycles. The minimum atomic E-state index is -0.798. The van der Waals surface area contributed by atoms with E-state index in [0.29, 0.717) is 36.9 Å². The Labute approximate surface area is 143 Å². The van der Waals surface area contributed by atoms with E-state index in [-0.39, 0.29) is 11.8 Å². The normalized spacial score (nSPS) is 21.1. The first-order valence-electron chi connectivity index (χ1n) is 8.17. The van der Waals surface area contributed by atoms with Crippen molar-refractivity contribution in [3.05, 3.63) is 34.9 Å². The van der Waals surface area contributed by atoms with E-state index in [4.69, 9.17) is 11.6 Å². The Morgan fingerprint density at radius 2 is 2.09 bits per heavy atom. The third-order valence-electron chi connectivity index (χ3n) is 4.51. The monoisotopic (exact) mass is 336 g/mol. The van der Waals surface area contributed by atoms with Crippen LogP contribution in [0.2, 0.25) is 5.02 Å². The Bertz CT molecular complexity index is 588. The minimum Gasteiger partial charge on any atom is -0.354 e. The highest BCUT2D eigenvalue weighted by molar-refractivity contribution is 6.31. The van der Waals surface area contributed by atoms with Crippen LogP contribution in [0.4, 0.5) is 0 Å². The van der Waals surface area contributed by atoms with Crippen molar-refractivity contribution in [2.45, 2.75) is 52.1 Å². The quantitative estimate of drug-likeness (QED) is 0.865. The summed E-state index contributed by atoms with van der Waals surface area (Å²) in [6.07, 6.45) is 1.88. The molecule has 4 nitrogen and oxygen atoms in total. The fourth-order valence-corrected chi connectivity index (χ4v) is 3.05. The molecular formula is C18H25ClN2O2. The SMILES string of the molecule is CC(C)CCNC(=O)C1(C)CCC(=O)N1Cc1ccccc1Cl. The lowest BCUT2D eigenvalue weighted by Gasteiger charge is -2.34. The van der Waals surface area contributed by atoms with Gasteiger partial charge in [-0.25, -0.2) is 0 Å². The molecule has 0 aromatic heterocycles. The van der Waals surface area contributed by atoms with Crippen LogP contribution in [0.5, 0.6) is 0 Å². The first kappa shape index (κ1) is 17.8. The molecule has 1 saturated heterocycles. The Morgan fingerprint density at radius 1 is 1.39 bits per heavy atom. The van der Waals surface area contributed by atoms with Crippen LogP contribution in [-0.4, -0.2) is 28.8 Å². The fourth-order valence-electron chi connectivity index (χ4n) is 2.86. The lowest BCUT2D eigenvalue weighted by atomic mass is 9.96. The number of halogens is 1. The second kappa shape index (κ2) is 7.35. The lowest BCUT2D eigenvalue weighted by Crippen LogP contribution is -2.54. The molecule has 1 aromatic rings. The van der Waals surface area contributed by atoms with Crippen LogP contribution in [0, 0.1) is 5.92 Å². The standard InChI is InChI=1S/C18H25ClN2O2/c1-13(2)9-11-20-17(23)18(3)10-8-16(22)21(18)12-14-6-4-5-7-15(14)19/h4-7,13H,8-12H2,1-3H3,(H,20,23). The zero-order chi connectivity index (χ0) is 17.0. The van der Waals surface area contributed by atoms with Crippen LogP contribution in [-0.2, 0) is 16.1 Å². The molecule has 0 saturated carbocycles. The van der Waals surface area contributed by atoms with Crippen molar-refractivity contribution in [2.24, 2.45) is 5.92 Å². The number of hydrogen-bond acceptors (Lipinski definition) is 2. The van der Waals surface area contributed by atoms with Crippen molar-refractivity contribution < 1.29 is 9.59 Å². The van der Waals surface area contributed by atoms with E-state index in [1.165, 1.54) is 0 Å². The van der Waals surface area contributed by atoms with Gasteiger partial charge in [0, 0.05) is 24.5 Å². The van der Waals surface area contributed by atoms with Crippen molar-refractivity contribution >= 4 is 23.4 Å². The predicted octanol–water partition coefficient (Wildman–Crippen LogP) is 3.38. The minimum absolute atomic E-state index is 0.00595. The molecule has 1 fully saturated rings. The predicted molar refractivity (Wildman–Crippen MR) is 92.1 cm³/mol. The van der Waals surface area contributed by atoms with Gasteiger partial charge in [0.25, 0.3) is 0 Å². The smallest absolute Gasteiger partial charge is 0.245 e. The summed E-state index contributed by atoms with van der Waals surface area (Å²) in [6.45, 7) is 7.10. The summed E-state index contributed by atoms with van der Waals surface area (Å²) < 4.78 is 0. The molecule has 5 heteroatoms. The van der Waals surface area contributed by atoms with Crippen molar-refractivity contribution in [1.29, 1.82) is 0 Å². The van der Waals surface area contributed by atoms with Crippen LogP contribution < -0.4 is 5.32 Å². The van der Waals surface area contributed by atoms with Gasteiger partial charge >= 0.3 is 0 Å². The molecule has 0 spiro atoms. The maximum Gasteiger partial charge on any atom is 0.245 e. The van der Waals surface area contributed by atoms with Gasteiger partial charge in [-0.3, -0.25) is 9.59 Å². The van der Waals surface area contributed by atoms with Gasteiger partial charge in [-0.15, -0.1) is 0 Å². The summed E-state index contributed by atoms with van der Waals surface area (Å²) in [5.74, 6) is 0.468. The number of hydrogen-bond donors (Lipinski definition) is 1. The topological polar surface area (TPSA) is 49.4 Å². The van der Waals surface area contributed by atoms with Gasteiger partial charge in [-0.1, -0.05) is 43.6 Å². The fraction of sp³-hybridized carbons (Fsp3) is 0.556. The molecule has 1 aliphatic rings. The maximum atomic E-state index is 12.6. The van der Waals surface area contributed by atoms with E-state index in [9.17, 15) is 9.59 Å². The average Bonchev–Trinajstić information content (AvgIpc) is 2.78. The number of nitrogens with one attached hydrogen (secondary N) is 1. The zero-order valence-corrected chi connectivity index (χ0v) is 14.8. The molecular weight excluding hydrogens is 312 g/mol. The Morgan fingerprint density at radius 3 is 2.74 bits per heavy atom. The number of rotatable bonds is 6. The molecule has 2 rings (SSSR count). The third-order valence-corrected chi connectivity index (χ3v) is 4.87. The number of likely N-dealkylation sites (tertiary alicyclic amines) is 1. The Hall–Kier alpha value is -1.55. The van der Waals surface area contributed by atoms with Gasteiger partial charge < -0.3 is 10.2 Å². The van der Waals surface area contributed by atoms with Gasteiger partial charge in [-0.2, -0.15) is 0 Å². The lowest BCUT2D eigenvalue weighted by molar-refractivity contribution is -0.141. The highest BCUT2D eigenvalue weighted by Crippen LogP contribution is 2.33. The summed E-state index contributed by atoms with van der Waals surface area (Å²) in [4.78, 5) is 26.6. The third kappa shape index (κ3) is 4.05. The summed E-state index contributed by atoms with van der Waals surface area (Å²) >= 11 is 6.20. The average molecular weight is 337 g/mol. The van der Waals surface area contributed by atoms with Gasteiger partial charge in [0.05, 0.1) is 0 Å². The van der Waals surface area contributed by atoms with E-state index >= 15 is 0 Å². The van der Waals surface area contributed by atoms with Crippen LogP contribution in [0.15, 0.2) is 24.3 Å². The van der Waals surface area contributed by atoms with Crippen LogP contribution in [0.1, 0.15) is 45.6 Å². The number of amides is 2. The summed E-state index contributed by atoms with van der Waals surface area (Å²) in [6, 6.07) is 7.44. The molecule has 126 valence electrons. The summed E-state index contributed by atoms with van der Waals surface area (Å²) in [5.41, 5.74) is 0.0679. The Kier molecular flexibility index (Phi) is 5.69. The van der Waals surface area contributed by atoms with Gasteiger partial charge in [0.15, 0.2) is 0 Å². The molecule has 0 bridgehead atoms. The first-order valence-corrected chi connectivity index (χ1v) is 8.54. The number of carbonyl (C=O) groups is 2. The summed E-state index contributed by atoms with van der Waals surface area (Å²) in [5, 5.41) is 3.60. The maximum absolute atomic E-state index is 12.6. The van der Waals surface area contributed by atoms with Crippen LogP contribution >= 0.6 is 11.6 Å². The van der Waals surface area contributed by atoms with Gasteiger partial charge in [-0.05, 0) is 37.3 Å². The van der Waals surface area contributed by atoms with Crippen molar-refractivity contribution in [3.63, 3.8) is 0 Å². The largest absolute Gasteiger partial charge is 0.354 e. The molecule has 23 heavy (non-hydrogen) atoms. The molecule has 2 amide bonds. The highest BCUT2D eigenvalue weighted by atomic mass is 35.5. The molecule has 1 N–H and O–H groups in total. The van der Waals surface area contributed by atoms with Crippen molar-refractivity contribution in [2.75, 3.05) is 6.54 Å². The second-order valence-corrected chi connectivity index (χ2v) is 7.19. The molecule has 0 radical (unpaired) electrons. The molecule has 1 aliphatic heterocycles. The molecule has 1 atom stereocenters. The van der Waals surface area contributed by atoms with E-state index < -0.39 is 5.54 Å². The molecule has 0 aliphatic carbocycles. The zero-order valence-electron chi connectivity index (χ0n) is 14.1. The number of nitrogens with zero attached hydrogens (tertiary/aromatic N) is 1. The molecule has 1 aromatic carbocycles. The van der Waals surface area contributed by atoms with Gasteiger partial charge in [0.1, 0.15) is 5.54 Å². The highest BCUT2D eigenvalue weighted by Gasteiger charge is 2.47. The van der Waals surface area contributed by atoms with Crippen LogP contribution in [0.3, 0.4) is 0 Å². The van der Waals surface area contributed by atoms with E-state index in [1.54, 1.807) is 11.0 Å².